The highest BCUT2D eigenvalue weighted by Gasteiger charge is 2.28. The average molecular weight is 405 g/mol. The first-order chi connectivity index (χ1) is 13.2. The van der Waals surface area contributed by atoms with E-state index in [1.54, 1.807) is 13.1 Å². The van der Waals surface area contributed by atoms with Crippen LogP contribution in [0.3, 0.4) is 0 Å². The SMILES string of the molecule is Cc1ccc(OC2CCC(NS(=O)(=O)c3cc([N+](=O)[O-])ccc3C)CC2)nc1. The molecule has 1 saturated carbocycles. The first-order valence-electron chi connectivity index (χ1n) is 9.11. The van der Waals surface area contributed by atoms with Crippen molar-refractivity contribution in [3.8, 4) is 5.88 Å². The van der Waals surface area contributed by atoms with Crippen LogP contribution < -0.4 is 9.46 Å². The Labute approximate surface area is 164 Å². The molecule has 0 radical (unpaired) electrons. The smallest absolute Gasteiger partial charge is 0.270 e. The topological polar surface area (TPSA) is 111 Å². The van der Waals surface area contributed by atoms with Crippen LogP contribution in [0.1, 0.15) is 36.8 Å². The second-order valence-corrected chi connectivity index (χ2v) is 8.78. The summed E-state index contributed by atoms with van der Waals surface area (Å²) in [5, 5.41) is 11.0. The van der Waals surface area contributed by atoms with Gasteiger partial charge < -0.3 is 4.74 Å². The van der Waals surface area contributed by atoms with Crippen molar-refractivity contribution in [1.82, 2.24) is 9.71 Å². The van der Waals surface area contributed by atoms with E-state index < -0.39 is 14.9 Å². The molecular formula is C19H23N3O5S. The third-order valence-electron chi connectivity index (χ3n) is 4.84. The van der Waals surface area contributed by atoms with Crippen molar-refractivity contribution in [2.75, 3.05) is 0 Å². The second kappa shape index (κ2) is 8.24. The van der Waals surface area contributed by atoms with Gasteiger partial charge in [-0.15, -0.1) is 0 Å². The maximum absolute atomic E-state index is 12.7. The van der Waals surface area contributed by atoms with Crippen molar-refractivity contribution < 1.29 is 18.1 Å². The van der Waals surface area contributed by atoms with Crippen molar-refractivity contribution in [1.29, 1.82) is 0 Å². The number of aryl methyl sites for hydroxylation is 2. The summed E-state index contributed by atoms with van der Waals surface area (Å²) in [6.07, 6.45) is 4.41. The molecule has 0 bridgehead atoms. The van der Waals surface area contributed by atoms with Crippen LogP contribution in [0.5, 0.6) is 5.88 Å². The molecule has 0 amide bonds. The number of benzene rings is 1. The van der Waals surface area contributed by atoms with E-state index >= 15 is 0 Å². The van der Waals surface area contributed by atoms with Gasteiger partial charge in [0.1, 0.15) is 6.10 Å². The van der Waals surface area contributed by atoms with Gasteiger partial charge in [-0.05, 0) is 50.7 Å². The number of nitro groups is 1. The fraction of sp³-hybridized carbons (Fsp3) is 0.421. The predicted octanol–water partition coefficient (Wildman–Crippen LogP) is 3.28. The molecule has 0 unspecified atom stereocenters. The Morgan fingerprint density at radius 2 is 1.86 bits per heavy atom. The molecular weight excluding hydrogens is 382 g/mol. The molecule has 0 aliphatic heterocycles. The Hall–Kier alpha value is -2.52. The van der Waals surface area contributed by atoms with Gasteiger partial charge in [0.2, 0.25) is 15.9 Å². The van der Waals surface area contributed by atoms with E-state index in [4.69, 9.17) is 4.74 Å². The van der Waals surface area contributed by atoms with Crippen LogP contribution in [-0.4, -0.2) is 30.5 Å². The summed E-state index contributed by atoms with van der Waals surface area (Å²) in [5.41, 5.74) is 1.29. The number of sulfonamides is 1. The molecule has 0 saturated heterocycles. The van der Waals surface area contributed by atoms with Gasteiger partial charge in [-0.25, -0.2) is 18.1 Å². The summed E-state index contributed by atoms with van der Waals surface area (Å²) in [6, 6.07) is 7.39. The number of ether oxygens (including phenoxy) is 1. The Kier molecular flexibility index (Phi) is 5.95. The zero-order valence-electron chi connectivity index (χ0n) is 15.8. The number of rotatable bonds is 6. The molecule has 1 aliphatic carbocycles. The number of nitrogens with zero attached hydrogens (tertiary/aromatic N) is 2. The van der Waals surface area contributed by atoms with Crippen molar-refractivity contribution >= 4 is 15.7 Å². The summed E-state index contributed by atoms with van der Waals surface area (Å²) < 4.78 is 34.0. The molecule has 1 aromatic heterocycles. The molecule has 0 atom stereocenters. The lowest BCUT2D eigenvalue weighted by Gasteiger charge is -2.29. The van der Waals surface area contributed by atoms with E-state index in [1.165, 1.54) is 12.1 Å². The van der Waals surface area contributed by atoms with Crippen molar-refractivity contribution in [2.24, 2.45) is 0 Å². The van der Waals surface area contributed by atoms with E-state index in [0.717, 1.165) is 11.6 Å². The van der Waals surface area contributed by atoms with Crippen LogP contribution >= 0.6 is 0 Å². The number of pyridine rings is 1. The summed E-state index contributed by atoms with van der Waals surface area (Å²) in [7, 11) is -3.84. The van der Waals surface area contributed by atoms with Gasteiger partial charge in [-0.2, -0.15) is 0 Å². The first kappa shape index (κ1) is 20.2. The predicted molar refractivity (Wildman–Crippen MR) is 104 cm³/mol. The zero-order valence-corrected chi connectivity index (χ0v) is 16.6. The largest absolute Gasteiger partial charge is 0.474 e. The lowest BCUT2D eigenvalue weighted by Crippen LogP contribution is -2.39. The fourth-order valence-electron chi connectivity index (χ4n) is 3.27. The highest BCUT2D eigenvalue weighted by Crippen LogP contribution is 2.26. The van der Waals surface area contributed by atoms with Gasteiger partial charge in [0.25, 0.3) is 5.69 Å². The molecule has 150 valence electrons. The maximum atomic E-state index is 12.7. The van der Waals surface area contributed by atoms with Crippen LogP contribution in [0, 0.1) is 24.0 Å². The molecule has 1 N–H and O–H groups in total. The van der Waals surface area contributed by atoms with Crippen molar-refractivity contribution in [3.05, 3.63) is 57.8 Å². The van der Waals surface area contributed by atoms with Gasteiger partial charge in [0, 0.05) is 30.4 Å². The maximum Gasteiger partial charge on any atom is 0.270 e. The molecule has 1 heterocycles. The van der Waals surface area contributed by atoms with E-state index in [-0.39, 0.29) is 22.7 Å². The average Bonchev–Trinajstić information content (AvgIpc) is 2.65. The van der Waals surface area contributed by atoms with E-state index in [0.29, 0.717) is 37.1 Å². The number of hydrogen-bond acceptors (Lipinski definition) is 6. The molecule has 9 heteroatoms. The van der Waals surface area contributed by atoms with Gasteiger partial charge in [0.15, 0.2) is 0 Å². The Morgan fingerprint density at radius 1 is 1.14 bits per heavy atom. The van der Waals surface area contributed by atoms with E-state index in [9.17, 15) is 18.5 Å². The quantitative estimate of drug-likeness (QED) is 0.583. The van der Waals surface area contributed by atoms with E-state index in [2.05, 4.69) is 9.71 Å². The monoisotopic (exact) mass is 405 g/mol. The molecule has 1 aromatic carbocycles. The lowest BCUT2D eigenvalue weighted by molar-refractivity contribution is -0.385. The zero-order chi connectivity index (χ0) is 20.3. The molecule has 2 aromatic rings. The highest BCUT2D eigenvalue weighted by atomic mass is 32.2. The minimum absolute atomic E-state index is 0.00416. The van der Waals surface area contributed by atoms with Crippen molar-refractivity contribution in [2.45, 2.75) is 56.6 Å². The third-order valence-corrected chi connectivity index (χ3v) is 6.50. The van der Waals surface area contributed by atoms with Crippen LogP contribution in [0.15, 0.2) is 41.4 Å². The van der Waals surface area contributed by atoms with Crippen LogP contribution in [0.2, 0.25) is 0 Å². The highest BCUT2D eigenvalue weighted by molar-refractivity contribution is 7.89. The third kappa shape index (κ3) is 4.85. The van der Waals surface area contributed by atoms with Crippen molar-refractivity contribution in [3.63, 3.8) is 0 Å². The van der Waals surface area contributed by atoms with Gasteiger partial charge in [0.05, 0.1) is 9.82 Å². The molecule has 1 aliphatic rings. The molecule has 0 spiro atoms. The number of non-ortho nitro benzene ring substituents is 1. The lowest BCUT2D eigenvalue weighted by atomic mass is 9.94. The number of nitro benzene ring substituents is 1. The Balaban J connectivity index is 1.61. The molecule has 1 fully saturated rings. The minimum Gasteiger partial charge on any atom is -0.474 e. The van der Waals surface area contributed by atoms with Crippen LogP contribution in [0.25, 0.3) is 0 Å². The number of nitrogens with one attached hydrogen (secondary N) is 1. The summed E-state index contributed by atoms with van der Waals surface area (Å²) >= 11 is 0. The summed E-state index contributed by atoms with van der Waals surface area (Å²) in [6.45, 7) is 3.58. The second-order valence-electron chi connectivity index (χ2n) is 7.09. The first-order valence-corrected chi connectivity index (χ1v) is 10.6. The van der Waals surface area contributed by atoms with E-state index in [1.807, 2.05) is 19.1 Å². The Morgan fingerprint density at radius 3 is 2.46 bits per heavy atom. The summed E-state index contributed by atoms with van der Waals surface area (Å²) in [5.74, 6) is 0.571. The fourth-order valence-corrected chi connectivity index (χ4v) is 4.84. The standard InChI is InChI=1S/C19H23N3O5S/c1-13-3-10-19(20-12-13)27-17-8-5-15(6-9-17)21-28(25,26)18-11-16(22(23)24)7-4-14(18)2/h3-4,7,10-12,15,17,21H,5-6,8-9H2,1-2H3. The van der Waals surface area contributed by atoms with Gasteiger partial charge in [-0.1, -0.05) is 12.1 Å². The Bertz CT molecular complexity index is 952. The van der Waals surface area contributed by atoms with Crippen LogP contribution in [-0.2, 0) is 10.0 Å². The number of hydrogen-bond donors (Lipinski definition) is 1. The normalized spacial score (nSPS) is 19.9. The molecule has 8 nitrogen and oxygen atoms in total. The molecule has 3 rings (SSSR count). The van der Waals surface area contributed by atoms with Gasteiger partial charge in [-0.3, -0.25) is 10.1 Å². The van der Waals surface area contributed by atoms with Gasteiger partial charge >= 0.3 is 0 Å². The minimum atomic E-state index is -3.84. The number of aromatic nitrogens is 1. The summed E-state index contributed by atoms with van der Waals surface area (Å²) in [4.78, 5) is 14.5. The van der Waals surface area contributed by atoms with Crippen LogP contribution in [0.4, 0.5) is 5.69 Å². The molecule has 28 heavy (non-hydrogen) atoms.